The molecular weight excluding hydrogens is 1020 g/mol. The number of hydrogen-bond acceptors (Lipinski definition) is 2. The van der Waals surface area contributed by atoms with Crippen LogP contribution in [0.15, 0.2) is 291 Å². The predicted octanol–water partition coefficient (Wildman–Crippen LogP) is 16.0. The number of aryl methyl sites for hydroxylation is 1. The Labute approximate surface area is 525 Å². The lowest BCUT2D eigenvalue weighted by molar-refractivity contribution is -0.570. The van der Waals surface area contributed by atoms with Crippen LogP contribution < -0.4 is 30.1 Å². The minimum absolute atomic E-state index is 0.0848. The van der Waals surface area contributed by atoms with Gasteiger partial charge in [0.1, 0.15) is 17.3 Å². The second-order valence-corrected chi connectivity index (χ2v) is 24.0. The Bertz CT molecular complexity index is 6050. The smallest absolute Gasteiger partial charge is 0.269 e. The molecule has 14 aromatic rings. The number of rotatable bonds is 12. The Morgan fingerprint density at radius 3 is 1.75 bits per heavy atom. The first-order chi connectivity index (χ1) is 52.3. The van der Waals surface area contributed by atoms with Crippen LogP contribution in [0, 0.1) is 13.2 Å². The van der Waals surface area contributed by atoms with E-state index in [4.69, 9.17) is 28.9 Å². The van der Waals surface area contributed by atoms with Crippen molar-refractivity contribution >= 4 is 61.7 Å². The zero-order valence-electron chi connectivity index (χ0n) is 72.5. The van der Waals surface area contributed by atoms with Crippen LogP contribution in [-0.2, 0) is 5.41 Å². The maximum absolute atomic E-state index is 10.0. The lowest BCUT2D eigenvalue weighted by Gasteiger charge is -2.36. The number of ether oxygens (including phenoxy) is 1. The first-order valence-electron chi connectivity index (χ1n) is 40.2. The van der Waals surface area contributed by atoms with E-state index in [2.05, 4.69) is 27.1 Å². The van der Waals surface area contributed by atoms with E-state index in [1.807, 2.05) is 36.4 Å². The van der Waals surface area contributed by atoms with E-state index < -0.39 is 192 Å². The van der Waals surface area contributed by atoms with Gasteiger partial charge in [0.05, 0.1) is 67.7 Å². The van der Waals surface area contributed by atoms with Crippen molar-refractivity contribution in [1.82, 2.24) is 14.1 Å². The van der Waals surface area contributed by atoms with Crippen molar-refractivity contribution < 1.29 is 47.7 Å². The highest BCUT2D eigenvalue weighted by atomic mass is 28.3. The molecule has 3 aromatic heterocycles. The molecule has 5 nitrogen and oxygen atoms in total. The Kier molecular flexibility index (Phi) is 7.37. The minimum atomic E-state index is -6.16. The van der Waals surface area contributed by atoms with Gasteiger partial charge >= 0.3 is 0 Å². The summed E-state index contributed by atoms with van der Waals surface area (Å²) in [6.07, 6.45) is 4.59. The van der Waals surface area contributed by atoms with Crippen molar-refractivity contribution in [2.75, 3.05) is 0 Å². The van der Waals surface area contributed by atoms with Crippen LogP contribution in [-0.4, -0.2) is 22.2 Å². The van der Waals surface area contributed by atoms with Crippen LogP contribution in [0.4, 0.5) is 0 Å². The van der Waals surface area contributed by atoms with Gasteiger partial charge in [-0.05, 0) is 120 Å². The van der Waals surface area contributed by atoms with E-state index >= 15 is 0 Å². The third kappa shape index (κ3) is 9.14. The monoisotopic (exact) mass is 1110 g/mol. The van der Waals surface area contributed by atoms with Gasteiger partial charge in [0, 0.05) is 32.7 Å². The SMILES string of the molecule is [2H]c1c([2H])c([2H])c(-c2cnc(-n3c4ccccc4c4ccc(Oc5cccc(-n6[c-][n+](-c7c(-c8c([2H])c([2H])c([2H])c([2H])c8[2H])cccc7[Si](c7c([2H])c([2H])c([2H])c([2H])c7[2H])(c7c([2H])c([2H])c([2H])c([2H])c7[2H])c7c([2H])c([2H])c([2H])c([2H])c7[2H])c7ccc(-c8ccc(C(C)(C)C)cc8)cc76)c5)cc43)cc2C([2H])([2H])[2H])c([2H])c1[2H]. The van der Waals surface area contributed by atoms with E-state index in [-0.39, 0.29) is 67.4 Å². The molecule has 0 unspecified atom stereocenters. The predicted molar refractivity (Wildman–Crippen MR) is 346 cm³/mol. The molecule has 0 N–H and O–H groups in total. The first-order valence-corrected chi connectivity index (χ1v) is 28.2. The number of hydrogen-bond donors (Lipinski definition) is 0. The zero-order valence-corrected chi connectivity index (χ0v) is 45.5. The van der Waals surface area contributed by atoms with Gasteiger partial charge in [-0.1, -0.05) is 251 Å². The van der Waals surface area contributed by atoms with Crippen LogP contribution in [0.2, 0.25) is 0 Å². The van der Waals surface area contributed by atoms with E-state index in [9.17, 15) is 19.2 Å². The molecule has 0 aliphatic carbocycles. The largest absolute Gasteiger partial charge is 0.458 e. The zero-order chi connectivity index (χ0) is 80.3. The van der Waals surface area contributed by atoms with Crippen LogP contribution in [0.1, 0.15) is 70.3 Å². The minimum Gasteiger partial charge on any atom is -0.458 e. The standard InChI is InChI=1S/C77H60N4OSi/c1-54-48-75(78-52-69(54)57-26-12-6-13-27-57)81-70-38-21-20-36-67(70)68-46-45-62(51-72(68)81)82-61-29-22-28-60(50-61)79-53-80(71-47-42-58(49-73(71)79)55-40-43-59(44-41-55)77(2,3)4)76-66(56-24-10-5-11-25-56)37-23-39-74(76)83(63-30-14-7-15-31-63,64-32-16-8-17-33-64)65-34-18-9-19-35-65/h5-52H,1-4H3/i1D3,5D,6D,7D,8D,9D,10D,11D,12D,13D,14D,15D,16D,17D,18D,19D,24D,25D,26D,27D,30D,31D,32D,33D,34D,35D. The molecular formula is C77H60N4OSi. The normalized spacial score (nSPS) is 16.8. The molecule has 398 valence electrons. The van der Waals surface area contributed by atoms with Gasteiger partial charge in [0.2, 0.25) is 0 Å². The summed E-state index contributed by atoms with van der Waals surface area (Å²) in [5.41, 5.74) is 1.58. The maximum atomic E-state index is 10.0. The van der Waals surface area contributed by atoms with Crippen molar-refractivity contribution in [2.45, 2.75) is 33.0 Å². The second-order valence-electron chi connectivity index (χ2n) is 20.5. The molecule has 0 amide bonds. The summed E-state index contributed by atoms with van der Waals surface area (Å²) in [5, 5.41) is -1.65. The third-order valence-electron chi connectivity index (χ3n) is 14.6. The molecule has 14 rings (SSSR count). The summed E-state index contributed by atoms with van der Waals surface area (Å²) in [6, 6.07) is 14.1. The number of benzene rings is 11. The van der Waals surface area contributed by atoms with E-state index in [0.717, 1.165) is 5.56 Å². The molecule has 83 heavy (non-hydrogen) atoms. The highest BCUT2D eigenvalue weighted by Crippen LogP contribution is 2.38. The van der Waals surface area contributed by atoms with Gasteiger partial charge < -0.3 is 4.74 Å². The lowest BCUT2D eigenvalue weighted by atomic mass is 9.86. The third-order valence-corrected chi connectivity index (χ3v) is 18.9. The molecule has 0 saturated carbocycles. The molecule has 0 atom stereocenters. The summed E-state index contributed by atoms with van der Waals surface area (Å²) in [6.45, 7) is 3.27. The number of imidazole rings is 1. The van der Waals surface area contributed by atoms with Crippen molar-refractivity contribution in [3.05, 3.63) is 308 Å². The number of fused-ring (bicyclic) bond motifs is 4. The summed E-state index contributed by atoms with van der Waals surface area (Å²) >= 11 is 0. The molecule has 0 bridgehead atoms. The Hall–Kier alpha value is -10.1. The molecule has 0 spiro atoms. The van der Waals surface area contributed by atoms with Gasteiger partial charge in [0.15, 0.2) is 8.07 Å². The quantitative estimate of drug-likeness (QED) is 0.0529. The van der Waals surface area contributed by atoms with Gasteiger partial charge in [0.25, 0.3) is 6.33 Å². The van der Waals surface area contributed by atoms with Gasteiger partial charge in [-0.3, -0.25) is 13.7 Å². The fourth-order valence-corrected chi connectivity index (χ4v) is 14.8. The number of pyridine rings is 1. The van der Waals surface area contributed by atoms with Gasteiger partial charge in [-0.25, -0.2) is 4.98 Å². The molecule has 6 heteroatoms. The van der Waals surface area contributed by atoms with Crippen LogP contribution >= 0.6 is 0 Å². The van der Waals surface area contributed by atoms with E-state index in [1.54, 1.807) is 81.9 Å². The van der Waals surface area contributed by atoms with Crippen LogP contribution in [0.5, 0.6) is 11.5 Å². The Balaban J connectivity index is 1.08. The Morgan fingerprint density at radius 1 is 0.506 bits per heavy atom. The van der Waals surface area contributed by atoms with Crippen LogP contribution in [0.3, 0.4) is 0 Å². The van der Waals surface area contributed by atoms with Crippen molar-refractivity contribution in [1.29, 1.82) is 0 Å². The summed E-state index contributed by atoms with van der Waals surface area (Å²) in [5.74, 6) is 0.479. The molecule has 0 aliphatic heterocycles. The summed E-state index contributed by atoms with van der Waals surface area (Å²) < 4.78 is 269. The lowest BCUT2D eigenvalue weighted by Crippen LogP contribution is -2.76. The van der Waals surface area contributed by atoms with Gasteiger partial charge in [-0.15, -0.1) is 0 Å². The topological polar surface area (TPSA) is 35.9 Å². The molecule has 0 radical (unpaired) electrons. The molecule has 3 heterocycles. The average Bonchev–Trinajstić information content (AvgIpc) is 1.24. The number of para-hydroxylation sites is 2. The first kappa shape index (κ1) is 29.0. The Morgan fingerprint density at radius 2 is 1.10 bits per heavy atom. The highest BCUT2D eigenvalue weighted by molar-refractivity contribution is 7.20. The molecule has 11 aromatic carbocycles. The van der Waals surface area contributed by atoms with E-state index in [1.165, 1.54) is 35.0 Å². The molecule has 0 fully saturated rings. The highest BCUT2D eigenvalue weighted by Gasteiger charge is 2.44. The van der Waals surface area contributed by atoms with E-state index in [0.29, 0.717) is 32.9 Å². The van der Waals surface area contributed by atoms with Crippen LogP contribution in [0.25, 0.3) is 83.4 Å². The van der Waals surface area contributed by atoms with Gasteiger partial charge in [-0.2, -0.15) is 0 Å². The number of nitrogens with zero attached hydrogens (tertiary/aromatic N) is 4. The fraction of sp³-hybridized carbons (Fsp3) is 0.0649. The molecule has 0 aliphatic rings. The van der Waals surface area contributed by atoms with Crippen molar-refractivity contribution in [3.63, 3.8) is 0 Å². The number of aromatic nitrogens is 4. The fourth-order valence-electron chi connectivity index (χ4n) is 10.8. The molecule has 0 saturated heterocycles. The average molecular weight is 1110 g/mol. The summed E-state index contributed by atoms with van der Waals surface area (Å²) in [4.78, 5) is 4.71. The summed E-state index contributed by atoms with van der Waals surface area (Å²) in [7, 11) is -6.16. The maximum Gasteiger partial charge on any atom is 0.269 e. The van der Waals surface area contributed by atoms with Crippen molar-refractivity contribution in [2.24, 2.45) is 0 Å². The second kappa shape index (κ2) is 21.1. The van der Waals surface area contributed by atoms with Crippen molar-refractivity contribution in [3.8, 4) is 62.1 Å².